The SMILES string of the molecule is Cn1c(COc2ccc(Cl)cc2)nnc1SCC#N. The van der Waals surface area contributed by atoms with Crippen LogP contribution >= 0.6 is 23.4 Å². The Labute approximate surface area is 120 Å². The fourth-order valence-corrected chi connectivity index (χ4v) is 2.09. The van der Waals surface area contributed by atoms with Gasteiger partial charge in [-0.1, -0.05) is 23.4 Å². The number of ether oxygens (including phenoxy) is 1. The Morgan fingerprint density at radius 1 is 1.37 bits per heavy atom. The average molecular weight is 295 g/mol. The van der Waals surface area contributed by atoms with Gasteiger partial charge in [-0.2, -0.15) is 5.26 Å². The lowest BCUT2D eigenvalue weighted by atomic mass is 10.3. The van der Waals surface area contributed by atoms with Crippen LogP contribution in [0.3, 0.4) is 0 Å². The molecule has 1 aromatic heterocycles. The van der Waals surface area contributed by atoms with Gasteiger partial charge in [0.25, 0.3) is 0 Å². The number of nitrogens with zero attached hydrogens (tertiary/aromatic N) is 4. The number of halogens is 1. The molecule has 7 heteroatoms. The molecule has 0 saturated carbocycles. The van der Waals surface area contributed by atoms with Crippen LogP contribution in [0.25, 0.3) is 0 Å². The minimum atomic E-state index is 0.318. The van der Waals surface area contributed by atoms with E-state index in [0.29, 0.717) is 28.4 Å². The number of hydrogen-bond acceptors (Lipinski definition) is 5. The second-order valence-electron chi connectivity index (χ2n) is 3.65. The molecule has 0 aliphatic carbocycles. The molecular formula is C12H11ClN4OS. The molecule has 0 radical (unpaired) electrons. The van der Waals surface area contributed by atoms with Crippen molar-refractivity contribution in [3.63, 3.8) is 0 Å². The van der Waals surface area contributed by atoms with E-state index in [1.165, 1.54) is 11.8 Å². The number of hydrogen-bond donors (Lipinski definition) is 0. The van der Waals surface area contributed by atoms with Crippen LogP contribution in [-0.2, 0) is 13.7 Å². The fraction of sp³-hybridized carbons (Fsp3) is 0.250. The summed E-state index contributed by atoms with van der Waals surface area (Å²) < 4.78 is 7.41. The molecule has 0 fully saturated rings. The minimum Gasteiger partial charge on any atom is -0.486 e. The molecule has 0 N–H and O–H groups in total. The van der Waals surface area contributed by atoms with E-state index in [2.05, 4.69) is 16.3 Å². The molecule has 0 spiro atoms. The zero-order chi connectivity index (χ0) is 13.7. The van der Waals surface area contributed by atoms with Crippen molar-refractivity contribution < 1.29 is 4.74 Å². The summed E-state index contributed by atoms with van der Waals surface area (Å²) >= 11 is 7.14. The summed E-state index contributed by atoms with van der Waals surface area (Å²) in [7, 11) is 1.85. The quantitative estimate of drug-likeness (QED) is 0.793. The number of rotatable bonds is 5. The summed E-state index contributed by atoms with van der Waals surface area (Å²) in [5.41, 5.74) is 0. The Kier molecular flexibility index (Phi) is 4.66. The van der Waals surface area contributed by atoms with Crippen LogP contribution in [0.2, 0.25) is 5.02 Å². The molecule has 0 aliphatic heterocycles. The van der Waals surface area contributed by atoms with Crippen LogP contribution in [0.4, 0.5) is 0 Å². The van der Waals surface area contributed by atoms with Crippen molar-refractivity contribution in [2.75, 3.05) is 5.75 Å². The minimum absolute atomic E-state index is 0.318. The van der Waals surface area contributed by atoms with Crippen molar-refractivity contribution in [2.45, 2.75) is 11.8 Å². The highest BCUT2D eigenvalue weighted by Crippen LogP contribution is 2.18. The first-order valence-electron chi connectivity index (χ1n) is 5.47. The van der Waals surface area contributed by atoms with E-state index in [9.17, 15) is 0 Å². The highest BCUT2D eigenvalue weighted by Gasteiger charge is 2.09. The summed E-state index contributed by atoms with van der Waals surface area (Å²) in [6.07, 6.45) is 0. The normalized spacial score (nSPS) is 10.2. The van der Waals surface area contributed by atoms with Crippen molar-refractivity contribution in [1.29, 1.82) is 5.26 Å². The van der Waals surface area contributed by atoms with Gasteiger partial charge < -0.3 is 9.30 Å². The standard InChI is InChI=1S/C12H11ClN4OS/c1-17-11(15-16-12(17)19-7-6-14)8-18-10-4-2-9(13)3-5-10/h2-5H,7-8H2,1H3. The molecule has 2 rings (SSSR count). The third-order valence-corrected chi connectivity index (χ3v) is 3.51. The first kappa shape index (κ1) is 13.7. The van der Waals surface area contributed by atoms with Gasteiger partial charge in [0.15, 0.2) is 11.0 Å². The molecule has 19 heavy (non-hydrogen) atoms. The van der Waals surface area contributed by atoms with E-state index >= 15 is 0 Å². The monoisotopic (exact) mass is 294 g/mol. The fourth-order valence-electron chi connectivity index (χ4n) is 1.37. The molecule has 1 heterocycles. The van der Waals surface area contributed by atoms with Gasteiger partial charge in [0, 0.05) is 12.1 Å². The second kappa shape index (κ2) is 6.45. The van der Waals surface area contributed by atoms with Crippen LogP contribution in [0.1, 0.15) is 5.82 Å². The smallest absolute Gasteiger partial charge is 0.192 e. The Balaban J connectivity index is 1.98. The highest BCUT2D eigenvalue weighted by molar-refractivity contribution is 7.99. The zero-order valence-electron chi connectivity index (χ0n) is 10.2. The molecule has 0 saturated heterocycles. The summed E-state index contributed by atoms with van der Waals surface area (Å²) in [5, 5.41) is 17.9. The van der Waals surface area contributed by atoms with E-state index in [0.717, 1.165) is 5.75 Å². The van der Waals surface area contributed by atoms with Crippen molar-refractivity contribution in [2.24, 2.45) is 7.05 Å². The molecule has 0 amide bonds. The molecule has 0 atom stereocenters. The predicted octanol–water partition coefficient (Wildman–Crippen LogP) is 2.66. The Hall–Kier alpha value is -1.71. The number of nitriles is 1. The van der Waals surface area contributed by atoms with E-state index < -0.39 is 0 Å². The molecule has 1 aromatic carbocycles. The molecule has 2 aromatic rings. The number of aromatic nitrogens is 3. The van der Waals surface area contributed by atoms with Gasteiger partial charge in [-0.15, -0.1) is 10.2 Å². The van der Waals surface area contributed by atoms with Crippen LogP contribution in [-0.4, -0.2) is 20.5 Å². The second-order valence-corrected chi connectivity index (χ2v) is 5.03. The molecular weight excluding hydrogens is 284 g/mol. The van der Waals surface area contributed by atoms with Gasteiger partial charge in [0.2, 0.25) is 0 Å². The summed E-state index contributed by atoms with van der Waals surface area (Å²) in [6.45, 7) is 0.318. The largest absolute Gasteiger partial charge is 0.486 e. The van der Waals surface area contributed by atoms with Gasteiger partial charge in [0.05, 0.1) is 11.8 Å². The Morgan fingerprint density at radius 3 is 2.79 bits per heavy atom. The van der Waals surface area contributed by atoms with Crippen LogP contribution in [0.5, 0.6) is 5.75 Å². The Morgan fingerprint density at radius 2 is 2.11 bits per heavy atom. The van der Waals surface area contributed by atoms with E-state index in [4.69, 9.17) is 21.6 Å². The summed E-state index contributed by atoms with van der Waals surface area (Å²) in [6, 6.07) is 9.18. The molecule has 0 bridgehead atoms. The lowest BCUT2D eigenvalue weighted by molar-refractivity contribution is 0.290. The summed E-state index contributed by atoms with van der Waals surface area (Å²) in [5.74, 6) is 1.78. The van der Waals surface area contributed by atoms with Crippen molar-refractivity contribution in [3.8, 4) is 11.8 Å². The third kappa shape index (κ3) is 3.63. The number of benzene rings is 1. The van der Waals surface area contributed by atoms with Gasteiger partial charge in [-0.25, -0.2) is 0 Å². The number of thioether (sulfide) groups is 1. The van der Waals surface area contributed by atoms with E-state index in [-0.39, 0.29) is 0 Å². The van der Waals surface area contributed by atoms with Gasteiger partial charge in [0.1, 0.15) is 12.4 Å². The maximum absolute atomic E-state index is 8.54. The molecule has 5 nitrogen and oxygen atoms in total. The maximum atomic E-state index is 8.54. The van der Waals surface area contributed by atoms with Gasteiger partial charge in [-0.05, 0) is 24.3 Å². The van der Waals surface area contributed by atoms with E-state index in [1.807, 2.05) is 11.6 Å². The van der Waals surface area contributed by atoms with Crippen molar-refractivity contribution in [1.82, 2.24) is 14.8 Å². The third-order valence-electron chi connectivity index (χ3n) is 2.37. The lowest BCUT2D eigenvalue weighted by Gasteiger charge is -2.06. The van der Waals surface area contributed by atoms with Gasteiger partial charge in [-0.3, -0.25) is 0 Å². The topological polar surface area (TPSA) is 63.7 Å². The van der Waals surface area contributed by atoms with Crippen molar-refractivity contribution >= 4 is 23.4 Å². The Bertz CT molecular complexity index is 591. The van der Waals surface area contributed by atoms with Crippen LogP contribution in [0.15, 0.2) is 29.4 Å². The summed E-state index contributed by atoms with van der Waals surface area (Å²) in [4.78, 5) is 0. The molecule has 98 valence electrons. The van der Waals surface area contributed by atoms with Crippen LogP contribution in [0, 0.1) is 11.3 Å². The first-order valence-corrected chi connectivity index (χ1v) is 6.83. The predicted molar refractivity (Wildman–Crippen MR) is 73.1 cm³/mol. The molecule has 0 aliphatic rings. The average Bonchev–Trinajstić information content (AvgIpc) is 2.77. The van der Waals surface area contributed by atoms with E-state index in [1.54, 1.807) is 24.3 Å². The maximum Gasteiger partial charge on any atom is 0.192 e. The zero-order valence-corrected chi connectivity index (χ0v) is 11.8. The van der Waals surface area contributed by atoms with Crippen LogP contribution < -0.4 is 4.74 Å². The van der Waals surface area contributed by atoms with Crippen molar-refractivity contribution in [3.05, 3.63) is 35.1 Å². The lowest BCUT2D eigenvalue weighted by Crippen LogP contribution is -2.04. The highest BCUT2D eigenvalue weighted by atomic mass is 35.5. The molecule has 0 unspecified atom stereocenters. The van der Waals surface area contributed by atoms with Gasteiger partial charge >= 0.3 is 0 Å². The first-order chi connectivity index (χ1) is 9.20.